The zero-order valence-electron chi connectivity index (χ0n) is 20.1. The molecule has 9 heteroatoms. The molecule has 0 saturated carbocycles. The van der Waals surface area contributed by atoms with Crippen LogP contribution in [0.1, 0.15) is 49.1 Å². The number of carbonyl (C=O) groups is 1. The van der Waals surface area contributed by atoms with Gasteiger partial charge in [0.2, 0.25) is 0 Å². The van der Waals surface area contributed by atoms with Gasteiger partial charge in [-0.05, 0) is 50.1 Å². The Morgan fingerprint density at radius 2 is 1.89 bits per heavy atom. The maximum atomic E-state index is 12.7. The van der Waals surface area contributed by atoms with Crippen molar-refractivity contribution >= 4 is 12.0 Å². The summed E-state index contributed by atoms with van der Waals surface area (Å²) in [5.41, 5.74) is 2.46. The summed E-state index contributed by atoms with van der Waals surface area (Å²) in [6.07, 6.45) is -2.71. The van der Waals surface area contributed by atoms with Gasteiger partial charge in [0, 0.05) is 17.5 Å². The molecular formula is C26H29F3O6. The molecule has 0 aromatic heterocycles. The number of esters is 1. The minimum absolute atomic E-state index is 0.130. The summed E-state index contributed by atoms with van der Waals surface area (Å²) < 4.78 is 64.7. The molecule has 2 atom stereocenters. The molecule has 0 heterocycles. The smallest absolute Gasteiger partial charge is 0.496 e. The van der Waals surface area contributed by atoms with E-state index in [0.717, 1.165) is 11.1 Å². The Morgan fingerprint density at radius 3 is 2.54 bits per heavy atom. The van der Waals surface area contributed by atoms with Crippen LogP contribution in [0.5, 0.6) is 11.5 Å². The quantitative estimate of drug-likeness (QED) is 0.369. The number of hydrogen-bond acceptors (Lipinski definition) is 6. The van der Waals surface area contributed by atoms with E-state index in [-0.39, 0.29) is 25.1 Å². The van der Waals surface area contributed by atoms with E-state index in [1.807, 2.05) is 26.0 Å². The van der Waals surface area contributed by atoms with Crippen LogP contribution in [0, 0.1) is 0 Å². The van der Waals surface area contributed by atoms with Gasteiger partial charge in [-0.25, -0.2) is 4.79 Å². The van der Waals surface area contributed by atoms with Gasteiger partial charge in [0.1, 0.15) is 17.6 Å². The Morgan fingerprint density at radius 1 is 1.11 bits per heavy atom. The third kappa shape index (κ3) is 7.22. The van der Waals surface area contributed by atoms with E-state index in [2.05, 4.69) is 4.74 Å². The molecule has 3 rings (SSSR count). The maximum absolute atomic E-state index is 12.7. The van der Waals surface area contributed by atoms with Crippen LogP contribution < -0.4 is 9.47 Å². The number of methoxy groups -OCH3 is 1. The van der Waals surface area contributed by atoms with Crippen molar-refractivity contribution in [1.29, 1.82) is 0 Å². The molecule has 190 valence electrons. The van der Waals surface area contributed by atoms with E-state index < -0.39 is 24.5 Å². The van der Waals surface area contributed by atoms with E-state index in [1.165, 1.54) is 19.2 Å². The summed E-state index contributed by atoms with van der Waals surface area (Å²) in [4.78, 5) is 12.3. The van der Waals surface area contributed by atoms with Crippen LogP contribution in [0.2, 0.25) is 0 Å². The molecule has 2 unspecified atom stereocenters. The van der Waals surface area contributed by atoms with Gasteiger partial charge in [0.05, 0.1) is 26.4 Å². The molecule has 0 spiro atoms. The Labute approximate surface area is 202 Å². The molecule has 2 aromatic rings. The first-order valence-corrected chi connectivity index (χ1v) is 11.3. The second kappa shape index (κ2) is 11.6. The number of halogens is 3. The molecule has 0 aliphatic heterocycles. The number of hydrogen-bond donors (Lipinski definition) is 0. The molecule has 1 aliphatic rings. The summed E-state index contributed by atoms with van der Waals surface area (Å²) in [6, 6.07) is 9.93. The first kappa shape index (κ1) is 26.6. The number of rotatable bonds is 11. The van der Waals surface area contributed by atoms with Gasteiger partial charge in [-0.3, -0.25) is 0 Å². The van der Waals surface area contributed by atoms with E-state index in [1.54, 1.807) is 31.2 Å². The highest BCUT2D eigenvalue weighted by molar-refractivity contribution is 5.75. The topological polar surface area (TPSA) is 63.2 Å². The Bertz CT molecular complexity index is 1050. The number of benzene rings is 2. The average molecular weight is 495 g/mol. The van der Waals surface area contributed by atoms with Crippen LogP contribution >= 0.6 is 0 Å². The zero-order valence-corrected chi connectivity index (χ0v) is 20.1. The van der Waals surface area contributed by atoms with Crippen molar-refractivity contribution in [3.05, 3.63) is 64.7 Å². The van der Waals surface area contributed by atoms with Crippen LogP contribution in [0.15, 0.2) is 42.5 Å². The summed E-state index contributed by atoms with van der Waals surface area (Å²) in [6.45, 7) is 5.81. The predicted molar refractivity (Wildman–Crippen MR) is 123 cm³/mol. The van der Waals surface area contributed by atoms with Crippen LogP contribution in [-0.4, -0.2) is 38.3 Å². The van der Waals surface area contributed by atoms with E-state index >= 15 is 0 Å². The Kier molecular flexibility index (Phi) is 8.80. The standard InChI is InChI=1S/C26H29F3O6/c1-5-32-25(30)24(34-16(2)3)14-17-9-11-21(31-4)18(13-17)15-33-22-12-10-20-19(22)7-6-8-23(20)35-26(27,28)29/h6-13,16,22,24H,5,14-15H2,1-4H3. The summed E-state index contributed by atoms with van der Waals surface area (Å²) >= 11 is 0. The molecule has 0 bridgehead atoms. The van der Waals surface area contributed by atoms with Crippen molar-refractivity contribution in [2.75, 3.05) is 13.7 Å². The third-order valence-corrected chi connectivity index (χ3v) is 5.24. The molecule has 0 amide bonds. The largest absolute Gasteiger partial charge is 0.573 e. The summed E-state index contributed by atoms with van der Waals surface area (Å²) in [7, 11) is 1.54. The molecule has 6 nitrogen and oxygen atoms in total. The van der Waals surface area contributed by atoms with E-state index in [4.69, 9.17) is 18.9 Å². The second-order valence-electron chi connectivity index (χ2n) is 8.17. The monoisotopic (exact) mass is 494 g/mol. The first-order chi connectivity index (χ1) is 16.6. The fourth-order valence-corrected chi connectivity index (χ4v) is 3.85. The molecule has 0 radical (unpaired) electrons. The van der Waals surface area contributed by atoms with Gasteiger partial charge in [0.15, 0.2) is 6.10 Å². The maximum Gasteiger partial charge on any atom is 0.573 e. The van der Waals surface area contributed by atoms with Gasteiger partial charge in [-0.1, -0.05) is 30.4 Å². The van der Waals surface area contributed by atoms with Crippen molar-refractivity contribution in [3.8, 4) is 11.5 Å². The number of carbonyl (C=O) groups excluding carboxylic acids is 1. The average Bonchev–Trinajstić information content (AvgIpc) is 3.20. The molecule has 0 fully saturated rings. The van der Waals surface area contributed by atoms with Gasteiger partial charge in [-0.2, -0.15) is 0 Å². The lowest BCUT2D eigenvalue weighted by molar-refractivity contribution is -0.274. The zero-order chi connectivity index (χ0) is 25.6. The van der Waals surface area contributed by atoms with Crippen molar-refractivity contribution in [2.45, 2.75) is 58.5 Å². The minimum Gasteiger partial charge on any atom is -0.496 e. The predicted octanol–water partition coefficient (Wildman–Crippen LogP) is 5.78. The van der Waals surface area contributed by atoms with Crippen LogP contribution in [0.4, 0.5) is 13.2 Å². The molecule has 2 aromatic carbocycles. The van der Waals surface area contributed by atoms with Gasteiger partial charge < -0.3 is 23.7 Å². The molecular weight excluding hydrogens is 465 g/mol. The Hall–Kier alpha value is -3.04. The lowest BCUT2D eigenvalue weighted by atomic mass is 10.0. The highest BCUT2D eigenvalue weighted by atomic mass is 19.4. The van der Waals surface area contributed by atoms with Crippen LogP contribution in [0.25, 0.3) is 6.08 Å². The van der Waals surface area contributed by atoms with E-state index in [9.17, 15) is 18.0 Å². The molecule has 1 aliphatic carbocycles. The first-order valence-electron chi connectivity index (χ1n) is 11.3. The molecule has 0 saturated heterocycles. The van der Waals surface area contributed by atoms with Crippen molar-refractivity contribution in [2.24, 2.45) is 0 Å². The fraction of sp³-hybridized carbons (Fsp3) is 0.423. The number of fused-ring (bicyclic) bond motifs is 1. The second-order valence-corrected chi connectivity index (χ2v) is 8.17. The SMILES string of the molecule is CCOC(=O)C(Cc1ccc(OC)c(COC2C=Cc3c(OC(F)(F)F)cccc32)c1)OC(C)C. The van der Waals surface area contributed by atoms with Crippen molar-refractivity contribution in [3.63, 3.8) is 0 Å². The van der Waals surface area contributed by atoms with E-state index in [0.29, 0.717) is 23.3 Å². The summed E-state index contributed by atoms with van der Waals surface area (Å²) in [5.74, 6) is -0.117. The minimum atomic E-state index is -4.78. The highest BCUT2D eigenvalue weighted by Crippen LogP contribution is 2.39. The third-order valence-electron chi connectivity index (χ3n) is 5.24. The number of alkyl halides is 3. The fourth-order valence-electron chi connectivity index (χ4n) is 3.85. The Balaban J connectivity index is 1.75. The summed E-state index contributed by atoms with van der Waals surface area (Å²) in [5, 5.41) is 0. The van der Waals surface area contributed by atoms with Crippen LogP contribution in [-0.2, 0) is 32.0 Å². The van der Waals surface area contributed by atoms with Gasteiger partial charge >= 0.3 is 12.3 Å². The van der Waals surface area contributed by atoms with Gasteiger partial charge in [0.25, 0.3) is 0 Å². The lowest BCUT2D eigenvalue weighted by Gasteiger charge is -2.20. The van der Waals surface area contributed by atoms with Crippen LogP contribution in [0.3, 0.4) is 0 Å². The lowest BCUT2D eigenvalue weighted by Crippen LogP contribution is -2.31. The molecule has 0 N–H and O–H groups in total. The van der Waals surface area contributed by atoms with Crippen molar-refractivity contribution in [1.82, 2.24) is 0 Å². The highest BCUT2D eigenvalue weighted by Gasteiger charge is 2.33. The van der Waals surface area contributed by atoms with Gasteiger partial charge in [-0.15, -0.1) is 13.2 Å². The number of ether oxygens (including phenoxy) is 5. The normalized spacial score (nSPS) is 15.7. The molecule has 35 heavy (non-hydrogen) atoms. The van der Waals surface area contributed by atoms with Crippen molar-refractivity contribution < 1.29 is 41.7 Å².